The summed E-state index contributed by atoms with van der Waals surface area (Å²) in [7, 11) is 0. The molecule has 0 bridgehead atoms. The molecule has 0 heterocycles. The van der Waals surface area contributed by atoms with Crippen molar-refractivity contribution in [1.29, 1.82) is 0 Å². The number of amides is 1. The Labute approximate surface area is 119 Å². The molecule has 2 aromatic carbocycles. The normalized spacial score (nSPS) is 10.6. The lowest BCUT2D eigenvalue weighted by Gasteiger charge is -2.02. The Balaban J connectivity index is 2.04. The van der Waals surface area contributed by atoms with Crippen LogP contribution in [0.4, 0.5) is 10.1 Å². The van der Waals surface area contributed by atoms with E-state index < -0.39 is 5.82 Å². The van der Waals surface area contributed by atoms with E-state index >= 15 is 0 Å². The summed E-state index contributed by atoms with van der Waals surface area (Å²) in [5.74, 6) is -0.822. The molecule has 0 aromatic heterocycles. The first-order valence-corrected chi connectivity index (χ1v) is 6.43. The first-order valence-electron chi connectivity index (χ1n) is 5.64. The Morgan fingerprint density at radius 3 is 2.68 bits per heavy atom. The fraction of sp³-hybridized carbons (Fsp3) is 0. The molecule has 2 nitrogen and oxygen atoms in total. The monoisotopic (exact) mass is 319 g/mol. The molecule has 0 saturated heterocycles. The summed E-state index contributed by atoms with van der Waals surface area (Å²) in [4.78, 5) is 11.6. The van der Waals surface area contributed by atoms with Crippen molar-refractivity contribution in [1.82, 2.24) is 0 Å². The average Bonchev–Trinajstić information content (AvgIpc) is 2.39. The van der Waals surface area contributed by atoms with Gasteiger partial charge in [-0.1, -0.05) is 40.2 Å². The van der Waals surface area contributed by atoms with Crippen molar-refractivity contribution < 1.29 is 9.18 Å². The molecule has 0 spiro atoms. The van der Waals surface area contributed by atoms with E-state index in [-0.39, 0.29) is 11.6 Å². The van der Waals surface area contributed by atoms with E-state index in [1.807, 2.05) is 24.3 Å². The highest BCUT2D eigenvalue weighted by atomic mass is 79.9. The minimum absolute atomic E-state index is 0.173. The maximum atomic E-state index is 13.3. The van der Waals surface area contributed by atoms with E-state index in [0.29, 0.717) is 0 Å². The third-order valence-electron chi connectivity index (χ3n) is 2.41. The fourth-order valence-corrected chi connectivity index (χ4v) is 1.94. The van der Waals surface area contributed by atoms with Crippen LogP contribution in [-0.4, -0.2) is 5.91 Å². The number of carbonyl (C=O) groups excluding carboxylic acids is 1. The van der Waals surface area contributed by atoms with E-state index in [0.717, 1.165) is 10.0 Å². The molecule has 0 aliphatic carbocycles. The van der Waals surface area contributed by atoms with Crippen LogP contribution >= 0.6 is 15.9 Å². The molecular formula is C15H11BrFNO. The lowest BCUT2D eigenvalue weighted by Crippen LogP contribution is -2.08. The molecule has 0 aliphatic heterocycles. The molecule has 0 unspecified atom stereocenters. The van der Waals surface area contributed by atoms with Gasteiger partial charge in [-0.3, -0.25) is 4.79 Å². The number of nitrogens with one attached hydrogen (secondary N) is 1. The average molecular weight is 320 g/mol. The molecule has 4 heteroatoms. The van der Waals surface area contributed by atoms with Crippen molar-refractivity contribution in [2.24, 2.45) is 0 Å². The molecular weight excluding hydrogens is 309 g/mol. The maximum absolute atomic E-state index is 13.3. The van der Waals surface area contributed by atoms with Crippen LogP contribution < -0.4 is 5.32 Å². The highest BCUT2D eigenvalue weighted by molar-refractivity contribution is 9.10. The molecule has 1 amide bonds. The molecule has 0 radical (unpaired) electrons. The molecule has 0 aliphatic rings. The molecule has 0 fully saturated rings. The van der Waals surface area contributed by atoms with Gasteiger partial charge in [-0.25, -0.2) is 4.39 Å². The van der Waals surface area contributed by atoms with Crippen molar-refractivity contribution in [3.8, 4) is 0 Å². The topological polar surface area (TPSA) is 29.1 Å². The minimum Gasteiger partial charge on any atom is -0.320 e. The van der Waals surface area contributed by atoms with Gasteiger partial charge in [-0.05, 0) is 35.9 Å². The maximum Gasteiger partial charge on any atom is 0.248 e. The Hall–Kier alpha value is -1.94. The predicted octanol–water partition coefficient (Wildman–Crippen LogP) is 4.24. The highest BCUT2D eigenvalue weighted by Gasteiger charge is 2.02. The van der Waals surface area contributed by atoms with Gasteiger partial charge >= 0.3 is 0 Å². The molecule has 0 saturated carbocycles. The summed E-state index contributed by atoms with van der Waals surface area (Å²) in [5, 5.41) is 2.48. The number of carbonyl (C=O) groups is 1. The van der Waals surface area contributed by atoms with E-state index in [1.54, 1.807) is 18.2 Å². The van der Waals surface area contributed by atoms with E-state index in [4.69, 9.17) is 0 Å². The summed E-state index contributed by atoms with van der Waals surface area (Å²) in [6.45, 7) is 0. The van der Waals surface area contributed by atoms with Crippen LogP contribution in [0.3, 0.4) is 0 Å². The van der Waals surface area contributed by atoms with Crippen LogP contribution in [0.1, 0.15) is 5.56 Å². The van der Waals surface area contributed by atoms with Gasteiger partial charge in [0.15, 0.2) is 0 Å². The summed E-state index contributed by atoms with van der Waals surface area (Å²) in [6.07, 6.45) is 3.04. The Bertz CT molecular complexity index is 625. The fourth-order valence-electron chi connectivity index (χ4n) is 1.52. The Morgan fingerprint density at radius 1 is 1.16 bits per heavy atom. The molecule has 19 heavy (non-hydrogen) atoms. The van der Waals surface area contributed by atoms with Gasteiger partial charge in [-0.15, -0.1) is 0 Å². The van der Waals surface area contributed by atoms with Crippen LogP contribution in [0.15, 0.2) is 59.1 Å². The van der Waals surface area contributed by atoms with Crippen LogP contribution in [-0.2, 0) is 4.79 Å². The second kappa shape index (κ2) is 6.29. The SMILES string of the molecule is O=C(C=Cc1cccc(Br)c1)Nc1ccccc1F. The molecule has 2 rings (SSSR count). The summed E-state index contributed by atoms with van der Waals surface area (Å²) < 4.78 is 14.3. The standard InChI is InChI=1S/C15H11BrFNO/c16-12-5-3-4-11(10-12)8-9-15(19)18-14-7-2-1-6-13(14)17/h1-10H,(H,18,19). The second-order valence-electron chi connectivity index (χ2n) is 3.86. The zero-order chi connectivity index (χ0) is 13.7. The zero-order valence-electron chi connectivity index (χ0n) is 9.94. The molecule has 0 atom stereocenters. The summed E-state index contributed by atoms with van der Waals surface area (Å²) in [6, 6.07) is 13.6. The number of rotatable bonds is 3. The highest BCUT2D eigenvalue weighted by Crippen LogP contribution is 2.14. The quantitative estimate of drug-likeness (QED) is 0.842. The van der Waals surface area contributed by atoms with Gasteiger partial charge in [0.2, 0.25) is 5.91 Å². The van der Waals surface area contributed by atoms with E-state index in [2.05, 4.69) is 21.2 Å². The Kier molecular flexibility index (Phi) is 4.47. The first kappa shape index (κ1) is 13.5. The molecule has 1 N–H and O–H groups in total. The number of hydrogen-bond donors (Lipinski definition) is 1. The van der Waals surface area contributed by atoms with Crippen molar-refractivity contribution >= 4 is 33.6 Å². The van der Waals surface area contributed by atoms with Gasteiger partial charge in [-0.2, -0.15) is 0 Å². The van der Waals surface area contributed by atoms with Gasteiger partial charge in [0.1, 0.15) is 5.82 Å². The lowest BCUT2D eigenvalue weighted by molar-refractivity contribution is -0.111. The van der Waals surface area contributed by atoms with Gasteiger partial charge in [0, 0.05) is 10.5 Å². The van der Waals surface area contributed by atoms with Gasteiger partial charge < -0.3 is 5.32 Å². The van der Waals surface area contributed by atoms with Crippen LogP contribution in [0.5, 0.6) is 0 Å². The minimum atomic E-state index is -0.452. The first-order chi connectivity index (χ1) is 9.15. The van der Waals surface area contributed by atoms with Crippen molar-refractivity contribution in [3.05, 3.63) is 70.5 Å². The van der Waals surface area contributed by atoms with Crippen LogP contribution in [0, 0.1) is 5.82 Å². The van der Waals surface area contributed by atoms with Gasteiger partial charge in [0.25, 0.3) is 0 Å². The van der Waals surface area contributed by atoms with Gasteiger partial charge in [0.05, 0.1) is 5.69 Å². The summed E-state index contributed by atoms with van der Waals surface area (Å²) in [5.41, 5.74) is 1.06. The number of benzene rings is 2. The summed E-state index contributed by atoms with van der Waals surface area (Å²) >= 11 is 3.35. The predicted molar refractivity (Wildman–Crippen MR) is 78.2 cm³/mol. The number of hydrogen-bond acceptors (Lipinski definition) is 1. The third kappa shape index (κ3) is 4.03. The Morgan fingerprint density at radius 2 is 1.95 bits per heavy atom. The van der Waals surface area contributed by atoms with Crippen molar-refractivity contribution in [2.45, 2.75) is 0 Å². The number of halogens is 2. The zero-order valence-corrected chi connectivity index (χ0v) is 11.5. The molecule has 96 valence electrons. The van der Waals surface area contributed by atoms with Crippen molar-refractivity contribution in [2.75, 3.05) is 5.32 Å². The van der Waals surface area contributed by atoms with E-state index in [1.165, 1.54) is 18.2 Å². The smallest absolute Gasteiger partial charge is 0.248 e. The van der Waals surface area contributed by atoms with Crippen LogP contribution in [0.2, 0.25) is 0 Å². The second-order valence-corrected chi connectivity index (χ2v) is 4.77. The number of para-hydroxylation sites is 1. The third-order valence-corrected chi connectivity index (χ3v) is 2.90. The van der Waals surface area contributed by atoms with Crippen LogP contribution in [0.25, 0.3) is 6.08 Å². The molecule has 2 aromatic rings. The largest absolute Gasteiger partial charge is 0.320 e. The lowest BCUT2D eigenvalue weighted by atomic mass is 10.2. The number of anilines is 1. The van der Waals surface area contributed by atoms with Crippen molar-refractivity contribution in [3.63, 3.8) is 0 Å². The van der Waals surface area contributed by atoms with E-state index in [9.17, 15) is 9.18 Å².